The summed E-state index contributed by atoms with van der Waals surface area (Å²) < 4.78 is 47.2. The van der Waals surface area contributed by atoms with Gasteiger partial charge < -0.3 is 9.84 Å². The van der Waals surface area contributed by atoms with Crippen molar-refractivity contribution < 1.29 is 32.6 Å². The van der Waals surface area contributed by atoms with Gasteiger partial charge in [0.2, 0.25) is 5.82 Å². The molecular weight excluding hydrogens is 511 g/mol. The highest BCUT2D eigenvalue weighted by molar-refractivity contribution is 5.75. The van der Waals surface area contributed by atoms with E-state index in [0.29, 0.717) is 24.8 Å². The SMILES string of the molecule is CC(C)(C)OC(=O)C1CCC[C@@]2(C[C@H](c3cc(-n4ccnc4C(F)(F)F)ccc3O)NO2)[C@@H]1c1ccccc1. The lowest BCUT2D eigenvalue weighted by Gasteiger charge is -2.44. The number of nitrogens with one attached hydrogen (secondary N) is 1. The van der Waals surface area contributed by atoms with Crippen LogP contribution in [0, 0.1) is 5.92 Å². The van der Waals surface area contributed by atoms with Gasteiger partial charge in [0, 0.05) is 36.0 Å². The van der Waals surface area contributed by atoms with Crippen LogP contribution >= 0.6 is 0 Å². The maximum atomic E-state index is 13.5. The maximum absolute atomic E-state index is 13.5. The Labute approximate surface area is 224 Å². The van der Waals surface area contributed by atoms with Gasteiger partial charge in [-0.05, 0) is 63.8 Å². The van der Waals surface area contributed by atoms with Gasteiger partial charge in [0.15, 0.2) is 0 Å². The topological polar surface area (TPSA) is 85.6 Å². The highest BCUT2D eigenvalue weighted by Gasteiger charge is 2.55. The van der Waals surface area contributed by atoms with E-state index in [4.69, 9.17) is 9.57 Å². The second kappa shape index (κ2) is 9.98. The van der Waals surface area contributed by atoms with E-state index >= 15 is 0 Å². The average Bonchev–Trinajstić information content (AvgIpc) is 3.52. The van der Waals surface area contributed by atoms with Crippen LogP contribution in [0.15, 0.2) is 60.9 Å². The van der Waals surface area contributed by atoms with E-state index in [2.05, 4.69) is 10.5 Å². The number of halogens is 3. The standard InChI is InChI=1S/C29H32F3N3O4/c1-27(2,3)38-25(37)20-10-7-13-28(24(20)18-8-5-4-6-9-18)17-22(34-39-28)21-16-19(11-12-23(21)36)35-15-14-33-26(35)29(30,31)32/h4-6,8-9,11-12,14-16,20,22,24,34,36H,7,10,13,17H2,1-3H3/t20?,22-,24-,28-/m1/s1. The van der Waals surface area contributed by atoms with Gasteiger partial charge in [0.25, 0.3) is 0 Å². The fourth-order valence-corrected chi connectivity index (χ4v) is 5.96. The van der Waals surface area contributed by atoms with Crippen LogP contribution in [0.1, 0.15) is 75.4 Å². The molecule has 1 unspecified atom stereocenters. The van der Waals surface area contributed by atoms with Crippen LogP contribution in [0.4, 0.5) is 13.2 Å². The van der Waals surface area contributed by atoms with Gasteiger partial charge in [0.05, 0.1) is 17.6 Å². The predicted octanol–water partition coefficient (Wildman–Crippen LogP) is 6.23. The normalized spacial score (nSPS) is 25.6. The second-order valence-electron chi connectivity index (χ2n) is 11.3. The van der Waals surface area contributed by atoms with Crippen molar-refractivity contribution in [1.82, 2.24) is 15.0 Å². The van der Waals surface area contributed by atoms with Gasteiger partial charge in [-0.25, -0.2) is 4.98 Å². The van der Waals surface area contributed by atoms with E-state index in [1.807, 2.05) is 51.1 Å². The van der Waals surface area contributed by atoms with Crippen molar-refractivity contribution >= 4 is 5.97 Å². The molecule has 0 bridgehead atoms. The number of nitrogens with zero attached hydrogens (tertiary/aromatic N) is 2. The molecule has 39 heavy (non-hydrogen) atoms. The van der Waals surface area contributed by atoms with Crippen LogP contribution < -0.4 is 5.48 Å². The van der Waals surface area contributed by atoms with Crippen molar-refractivity contribution in [3.8, 4) is 11.4 Å². The quantitative estimate of drug-likeness (QED) is 0.380. The Morgan fingerprint density at radius 1 is 1.18 bits per heavy atom. The van der Waals surface area contributed by atoms with Crippen LogP contribution in [-0.2, 0) is 20.5 Å². The maximum Gasteiger partial charge on any atom is 0.450 e. The van der Waals surface area contributed by atoms with Crippen molar-refractivity contribution in [1.29, 1.82) is 0 Å². The second-order valence-corrected chi connectivity index (χ2v) is 11.3. The average molecular weight is 544 g/mol. The Morgan fingerprint density at radius 2 is 1.92 bits per heavy atom. The molecule has 208 valence electrons. The number of aromatic nitrogens is 2. The van der Waals surface area contributed by atoms with Crippen LogP contribution in [0.25, 0.3) is 5.69 Å². The minimum atomic E-state index is -4.64. The zero-order valence-electron chi connectivity index (χ0n) is 22.0. The number of carbonyl (C=O) groups is 1. The fourth-order valence-electron chi connectivity index (χ4n) is 5.96. The zero-order chi connectivity index (χ0) is 28.0. The summed E-state index contributed by atoms with van der Waals surface area (Å²) in [6, 6.07) is 13.5. The van der Waals surface area contributed by atoms with Crippen molar-refractivity contribution in [3.63, 3.8) is 0 Å². The lowest BCUT2D eigenvalue weighted by molar-refractivity contribution is -0.170. The predicted molar refractivity (Wildman–Crippen MR) is 137 cm³/mol. The number of hydrogen-bond acceptors (Lipinski definition) is 6. The summed E-state index contributed by atoms with van der Waals surface area (Å²) in [6.45, 7) is 5.51. The smallest absolute Gasteiger partial charge is 0.450 e. The Bertz CT molecular complexity index is 1340. The Balaban J connectivity index is 1.50. The molecule has 2 heterocycles. The molecule has 5 rings (SSSR count). The van der Waals surface area contributed by atoms with Gasteiger partial charge in [-0.3, -0.25) is 14.2 Å². The Morgan fingerprint density at radius 3 is 2.62 bits per heavy atom. The molecule has 3 aromatic rings. The van der Waals surface area contributed by atoms with Crippen molar-refractivity contribution in [2.24, 2.45) is 5.92 Å². The number of phenols is 1. The largest absolute Gasteiger partial charge is 0.508 e. The van der Waals surface area contributed by atoms with Crippen molar-refractivity contribution in [2.75, 3.05) is 0 Å². The third-order valence-electron chi connectivity index (χ3n) is 7.47. The van der Waals surface area contributed by atoms with E-state index in [0.717, 1.165) is 22.7 Å². The number of phenolic OH excluding ortho intramolecular Hbond substituents is 1. The molecule has 7 nitrogen and oxygen atoms in total. The summed E-state index contributed by atoms with van der Waals surface area (Å²) in [6.07, 6.45) is 0.127. The first-order valence-electron chi connectivity index (χ1n) is 13.0. The first kappa shape index (κ1) is 27.2. The number of hydrogen-bond donors (Lipinski definition) is 2. The van der Waals surface area contributed by atoms with Crippen molar-refractivity contribution in [2.45, 2.75) is 75.8 Å². The van der Waals surface area contributed by atoms with Crippen LogP contribution in [-0.4, -0.2) is 31.8 Å². The van der Waals surface area contributed by atoms with Crippen LogP contribution in [0.5, 0.6) is 5.75 Å². The summed E-state index contributed by atoms with van der Waals surface area (Å²) in [4.78, 5) is 23.2. The number of carbonyl (C=O) groups excluding carboxylic acids is 1. The summed E-state index contributed by atoms with van der Waals surface area (Å²) >= 11 is 0. The molecule has 1 aliphatic carbocycles. The molecule has 1 spiro atoms. The van der Waals surface area contributed by atoms with Gasteiger partial charge in [0.1, 0.15) is 11.4 Å². The lowest BCUT2D eigenvalue weighted by atomic mass is 9.64. The van der Waals surface area contributed by atoms with Gasteiger partial charge in [-0.1, -0.05) is 30.3 Å². The summed E-state index contributed by atoms with van der Waals surface area (Å²) in [7, 11) is 0. The molecule has 2 aromatic carbocycles. The van der Waals surface area contributed by atoms with E-state index in [-0.39, 0.29) is 23.3 Å². The number of benzene rings is 2. The Kier molecular flexibility index (Phi) is 6.97. The third-order valence-corrected chi connectivity index (χ3v) is 7.47. The number of aromatic hydroxyl groups is 1. The molecule has 10 heteroatoms. The zero-order valence-corrected chi connectivity index (χ0v) is 22.0. The first-order chi connectivity index (χ1) is 18.4. The summed E-state index contributed by atoms with van der Waals surface area (Å²) in [5, 5.41) is 10.7. The molecule has 1 aliphatic heterocycles. The molecule has 0 radical (unpaired) electrons. The molecule has 1 saturated heterocycles. The number of esters is 1. The molecule has 0 amide bonds. The molecule has 2 N–H and O–H groups in total. The van der Waals surface area contributed by atoms with E-state index in [1.54, 1.807) is 0 Å². The number of hydroxylamine groups is 1. The molecule has 1 aromatic heterocycles. The number of alkyl halides is 3. The highest BCUT2D eigenvalue weighted by atomic mass is 19.4. The fraction of sp³-hybridized carbons (Fsp3) is 0.448. The van der Waals surface area contributed by atoms with Crippen molar-refractivity contribution in [3.05, 3.63) is 77.9 Å². The first-order valence-corrected chi connectivity index (χ1v) is 13.0. The highest BCUT2D eigenvalue weighted by Crippen LogP contribution is 2.54. The monoisotopic (exact) mass is 543 g/mol. The van der Waals surface area contributed by atoms with Gasteiger partial charge >= 0.3 is 12.1 Å². The summed E-state index contributed by atoms with van der Waals surface area (Å²) in [5.41, 5.74) is 3.16. The molecular formula is C29H32F3N3O4. The van der Waals surface area contributed by atoms with E-state index in [1.165, 1.54) is 24.4 Å². The molecule has 4 atom stereocenters. The molecule has 1 saturated carbocycles. The number of rotatable bonds is 4. The summed E-state index contributed by atoms with van der Waals surface area (Å²) in [5.74, 6) is -2.17. The minimum Gasteiger partial charge on any atom is -0.508 e. The van der Waals surface area contributed by atoms with Crippen LogP contribution in [0.2, 0.25) is 0 Å². The minimum absolute atomic E-state index is 0.0682. The van der Waals surface area contributed by atoms with Crippen LogP contribution in [0.3, 0.4) is 0 Å². The third kappa shape index (κ3) is 5.40. The lowest BCUT2D eigenvalue weighted by Crippen LogP contribution is -2.47. The van der Waals surface area contributed by atoms with Gasteiger partial charge in [-0.2, -0.15) is 18.7 Å². The number of ether oxygens (including phenoxy) is 1. The van der Waals surface area contributed by atoms with E-state index < -0.39 is 35.2 Å². The molecule has 2 fully saturated rings. The number of imidazole rings is 1. The molecule has 2 aliphatic rings. The van der Waals surface area contributed by atoms with E-state index in [9.17, 15) is 23.1 Å². The Hall–Kier alpha value is -3.37. The van der Waals surface area contributed by atoms with Gasteiger partial charge in [-0.15, -0.1) is 0 Å².